The van der Waals surface area contributed by atoms with Crippen molar-refractivity contribution in [1.29, 1.82) is 0 Å². The summed E-state index contributed by atoms with van der Waals surface area (Å²) in [4.78, 5) is 12.2. The maximum atomic E-state index is 12.2. The number of carbonyl (C=O) groups is 1. The zero-order chi connectivity index (χ0) is 14.7. The summed E-state index contributed by atoms with van der Waals surface area (Å²) in [5, 5.41) is 0. The second-order valence-electron chi connectivity index (χ2n) is 5.38. The lowest BCUT2D eigenvalue weighted by molar-refractivity contribution is 0.0732. The van der Waals surface area contributed by atoms with E-state index in [2.05, 4.69) is 19.9 Å². The van der Waals surface area contributed by atoms with Crippen LogP contribution in [-0.2, 0) is 0 Å². The maximum Gasteiger partial charge on any atom is 0.343 e. The van der Waals surface area contributed by atoms with Gasteiger partial charge in [-0.2, -0.15) is 0 Å². The fourth-order valence-corrected chi connectivity index (χ4v) is 2.04. The fourth-order valence-electron chi connectivity index (χ4n) is 2.04. The predicted octanol–water partition coefficient (Wildman–Crippen LogP) is 4.65. The molecule has 0 N–H and O–H groups in total. The van der Waals surface area contributed by atoms with Crippen LogP contribution in [0.1, 0.15) is 46.8 Å². The van der Waals surface area contributed by atoms with Crippen molar-refractivity contribution >= 4 is 5.97 Å². The molecule has 2 heteroatoms. The van der Waals surface area contributed by atoms with Gasteiger partial charge in [0.15, 0.2) is 0 Å². The van der Waals surface area contributed by atoms with E-state index in [0.29, 0.717) is 17.2 Å². The molecule has 0 saturated carbocycles. The fraction of sp³-hybridized carbons (Fsp3) is 0.278. The van der Waals surface area contributed by atoms with Gasteiger partial charge in [-0.05, 0) is 48.6 Å². The van der Waals surface area contributed by atoms with E-state index in [1.807, 2.05) is 44.2 Å². The van der Waals surface area contributed by atoms with E-state index in [1.165, 1.54) is 5.56 Å². The highest BCUT2D eigenvalue weighted by atomic mass is 16.5. The van der Waals surface area contributed by atoms with E-state index < -0.39 is 0 Å². The average Bonchev–Trinajstić information content (AvgIpc) is 2.41. The molecule has 0 bridgehead atoms. The van der Waals surface area contributed by atoms with Crippen molar-refractivity contribution in [2.45, 2.75) is 33.6 Å². The number of rotatable bonds is 3. The SMILES string of the molecule is Cc1ccc(C(C)C)cc1OC(=O)c1ccccc1C. The summed E-state index contributed by atoms with van der Waals surface area (Å²) in [5.74, 6) is 0.753. The van der Waals surface area contributed by atoms with Crippen LogP contribution in [0.2, 0.25) is 0 Å². The molecule has 0 radical (unpaired) electrons. The largest absolute Gasteiger partial charge is 0.423 e. The Balaban J connectivity index is 2.28. The average molecular weight is 268 g/mol. The molecular formula is C18H20O2. The lowest BCUT2D eigenvalue weighted by Crippen LogP contribution is -2.11. The third-order valence-corrected chi connectivity index (χ3v) is 3.45. The lowest BCUT2D eigenvalue weighted by atomic mass is 10.0. The molecule has 0 unspecified atom stereocenters. The van der Waals surface area contributed by atoms with Gasteiger partial charge in [0.25, 0.3) is 0 Å². The van der Waals surface area contributed by atoms with Crippen molar-refractivity contribution in [3.63, 3.8) is 0 Å². The van der Waals surface area contributed by atoms with Crippen molar-refractivity contribution in [2.24, 2.45) is 0 Å². The normalized spacial score (nSPS) is 10.7. The molecule has 2 aromatic rings. The Morgan fingerprint density at radius 2 is 1.70 bits per heavy atom. The molecule has 0 aliphatic carbocycles. The lowest BCUT2D eigenvalue weighted by Gasteiger charge is -2.12. The topological polar surface area (TPSA) is 26.3 Å². The minimum absolute atomic E-state index is 0.299. The molecule has 0 aliphatic heterocycles. The molecule has 2 aromatic carbocycles. The van der Waals surface area contributed by atoms with Crippen LogP contribution >= 0.6 is 0 Å². The summed E-state index contributed by atoms with van der Waals surface area (Å²) in [5.41, 5.74) is 3.68. The second kappa shape index (κ2) is 5.91. The Morgan fingerprint density at radius 1 is 1.00 bits per heavy atom. The first-order valence-corrected chi connectivity index (χ1v) is 6.87. The van der Waals surface area contributed by atoms with Gasteiger partial charge >= 0.3 is 5.97 Å². The summed E-state index contributed by atoms with van der Waals surface area (Å²) in [6.07, 6.45) is 0. The number of benzene rings is 2. The third kappa shape index (κ3) is 3.08. The van der Waals surface area contributed by atoms with Gasteiger partial charge in [0.2, 0.25) is 0 Å². The Bertz CT molecular complexity index is 627. The van der Waals surface area contributed by atoms with Gasteiger partial charge in [0, 0.05) is 0 Å². The highest BCUT2D eigenvalue weighted by Gasteiger charge is 2.13. The molecule has 104 valence electrons. The van der Waals surface area contributed by atoms with Crippen LogP contribution < -0.4 is 4.74 Å². The van der Waals surface area contributed by atoms with Crippen LogP contribution in [-0.4, -0.2) is 5.97 Å². The maximum absolute atomic E-state index is 12.2. The molecule has 20 heavy (non-hydrogen) atoms. The predicted molar refractivity (Wildman–Crippen MR) is 81.4 cm³/mol. The monoisotopic (exact) mass is 268 g/mol. The van der Waals surface area contributed by atoms with Gasteiger partial charge in [-0.1, -0.05) is 44.2 Å². The molecule has 0 saturated heterocycles. The van der Waals surface area contributed by atoms with Crippen LogP contribution in [0.3, 0.4) is 0 Å². The van der Waals surface area contributed by atoms with Crippen LogP contribution in [0.5, 0.6) is 5.75 Å². The van der Waals surface area contributed by atoms with Gasteiger partial charge in [0.1, 0.15) is 5.75 Å². The third-order valence-electron chi connectivity index (χ3n) is 3.45. The molecule has 0 fully saturated rings. The number of ether oxygens (including phenoxy) is 1. The molecular weight excluding hydrogens is 248 g/mol. The highest BCUT2D eigenvalue weighted by Crippen LogP contribution is 2.25. The van der Waals surface area contributed by atoms with Crippen LogP contribution in [0.15, 0.2) is 42.5 Å². The molecule has 0 aromatic heterocycles. The summed E-state index contributed by atoms with van der Waals surface area (Å²) in [7, 11) is 0. The first-order valence-electron chi connectivity index (χ1n) is 6.87. The minimum Gasteiger partial charge on any atom is -0.423 e. The number of carbonyl (C=O) groups excluding carboxylic acids is 1. The first kappa shape index (κ1) is 14.3. The van der Waals surface area contributed by atoms with Crippen LogP contribution in [0.4, 0.5) is 0 Å². The number of hydrogen-bond donors (Lipinski definition) is 0. The van der Waals surface area contributed by atoms with Gasteiger partial charge in [0.05, 0.1) is 5.56 Å². The molecule has 0 amide bonds. The number of esters is 1. The number of hydrogen-bond acceptors (Lipinski definition) is 2. The summed E-state index contributed by atoms with van der Waals surface area (Å²) >= 11 is 0. The first-order chi connectivity index (χ1) is 9.49. The van der Waals surface area contributed by atoms with Crippen molar-refractivity contribution in [3.05, 3.63) is 64.7 Å². The summed E-state index contributed by atoms with van der Waals surface area (Å²) in [6.45, 7) is 8.10. The molecule has 0 spiro atoms. The standard InChI is InChI=1S/C18H20O2/c1-12(2)15-10-9-14(4)17(11-15)20-18(19)16-8-6-5-7-13(16)3/h5-12H,1-4H3. The van der Waals surface area contributed by atoms with E-state index in [9.17, 15) is 4.79 Å². The van der Waals surface area contributed by atoms with Crippen molar-refractivity contribution in [3.8, 4) is 5.75 Å². The van der Waals surface area contributed by atoms with Gasteiger partial charge in [-0.25, -0.2) is 4.79 Å². The number of aryl methyl sites for hydroxylation is 2. The second-order valence-corrected chi connectivity index (χ2v) is 5.38. The van der Waals surface area contributed by atoms with Crippen molar-refractivity contribution < 1.29 is 9.53 Å². The zero-order valence-electron chi connectivity index (χ0n) is 12.4. The highest BCUT2D eigenvalue weighted by molar-refractivity contribution is 5.92. The van der Waals surface area contributed by atoms with E-state index in [1.54, 1.807) is 6.07 Å². The van der Waals surface area contributed by atoms with Gasteiger partial charge in [-0.3, -0.25) is 0 Å². The van der Waals surface area contributed by atoms with Crippen molar-refractivity contribution in [2.75, 3.05) is 0 Å². The van der Waals surface area contributed by atoms with Gasteiger partial charge in [-0.15, -0.1) is 0 Å². The van der Waals surface area contributed by atoms with E-state index >= 15 is 0 Å². The van der Waals surface area contributed by atoms with E-state index in [0.717, 1.165) is 11.1 Å². The Morgan fingerprint density at radius 3 is 2.35 bits per heavy atom. The molecule has 2 nitrogen and oxygen atoms in total. The Labute approximate surface area is 120 Å². The van der Waals surface area contributed by atoms with Gasteiger partial charge < -0.3 is 4.74 Å². The van der Waals surface area contributed by atoms with Crippen molar-refractivity contribution in [1.82, 2.24) is 0 Å². The summed E-state index contributed by atoms with van der Waals surface area (Å²) < 4.78 is 5.56. The van der Waals surface area contributed by atoms with E-state index in [4.69, 9.17) is 4.74 Å². The molecule has 0 heterocycles. The van der Waals surface area contributed by atoms with Crippen LogP contribution in [0.25, 0.3) is 0 Å². The molecule has 0 atom stereocenters. The molecule has 2 rings (SSSR count). The van der Waals surface area contributed by atoms with E-state index in [-0.39, 0.29) is 5.97 Å². The molecule has 0 aliphatic rings. The van der Waals surface area contributed by atoms with Crippen LogP contribution in [0, 0.1) is 13.8 Å². The Hall–Kier alpha value is -2.09. The Kier molecular flexibility index (Phi) is 4.23. The minimum atomic E-state index is -0.299. The quantitative estimate of drug-likeness (QED) is 0.598. The zero-order valence-corrected chi connectivity index (χ0v) is 12.4. The summed E-state index contributed by atoms with van der Waals surface area (Å²) in [6, 6.07) is 13.5. The smallest absolute Gasteiger partial charge is 0.343 e.